The van der Waals surface area contributed by atoms with Crippen LogP contribution in [0.1, 0.15) is 12.0 Å². The summed E-state index contributed by atoms with van der Waals surface area (Å²) >= 11 is 0. The van der Waals surface area contributed by atoms with Gasteiger partial charge in [0.2, 0.25) is 0 Å². The summed E-state index contributed by atoms with van der Waals surface area (Å²) < 4.78 is 5.50. The molecule has 154 valence electrons. The number of hydrogen-bond acceptors (Lipinski definition) is 4. The maximum atomic E-state index is 5.50. The Balaban J connectivity index is 1.33. The first-order valence-corrected chi connectivity index (χ1v) is 10.5. The Morgan fingerprint density at radius 1 is 1.00 bits per heavy atom. The Morgan fingerprint density at radius 3 is 2.55 bits per heavy atom. The molecule has 0 aromatic heterocycles. The lowest BCUT2D eigenvalue weighted by molar-refractivity contribution is 0.122. The third-order valence-electron chi connectivity index (χ3n) is 5.66. The highest BCUT2D eigenvalue weighted by molar-refractivity contribution is 5.80. The molecule has 6 nitrogen and oxygen atoms in total. The Hall–Kier alpha value is -2.73. The van der Waals surface area contributed by atoms with Gasteiger partial charge in [0.1, 0.15) is 0 Å². The number of hydrogen-bond donors (Lipinski definition) is 2. The van der Waals surface area contributed by atoms with Gasteiger partial charge in [-0.3, -0.25) is 4.99 Å². The van der Waals surface area contributed by atoms with Crippen molar-refractivity contribution in [3.8, 4) is 0 Å². The molecule has 2 aromatic carbocycles. The van der Waals surface area contributed by atoms with Crippen molar-refractivity contribution in [1.29, 1.82) is 0 Å². The van der Waals surface area contributed by atoms with Gasteiger partial charge in [0.05, 0.1) is 13.2 Å². The molecule has 4 rings (SSSR count). The molecular weight excluding hydrogens is 362 g/mol. The molecule has 2 N–H and O–H groups in total. The van der Waals surface area contributed by atoms with Crippen LogP contribution in [-0.2, 0) is 11.3 Å². The zero-order valence-electron chi connectivity index (χ0n) is 17.2. The zero-order chi connectivity index (χ0) is 19.9. The second-order valence-electron chi connectivity index (χ2n) is 7.57. The number of morpholine rings is 1. The number of rotatable bonds is 5. The summed E-state index contributed by atoms with van der Waals surface area (Å²) in [6.45, 7) is 6.30. The fourth-order valence-corrected chi connectivity index (χ4v) is 4.09. The van der Waals surface area contributed by atoms with Crippen molar-refractivity contribution >= 4 is 17.3 Å². The summed E-state index contributed by atoms with van der Waals surface area (Å²) in [4.78, 5) is 9.29. The maximum absolute atomic E-state index is 5.50. The van der Waals surface area contributed by atoms with E-state index in [1.165, 1.54) is 16.9 Å². The average Bonchev–Trinajstić information content (AvgIpc) is 3.26. The van der Waals surface area contributed by atoms with E-state index in [0.29, 0.717) is 6.04 Å². The number of nitrogens with one attached hydrogen (secondary N) is 2. The lowest BCUT2D eigenvalue weighted by Gasteiger charge is -2.30. The quantitative estimate of drug-likeness (QED) is 0.604. The largest absolute Gasteiger partial charge is 0.378 e. The topological polar surface area (TPSA) is 52.1 Å². The number of para-hydroxylation sites is 2. The molecule has 0 amide bonds. The van der Waals surface area contributed by atoms with E-state index in [4.69, 9.17) is 4.74 Å². The second-order valence-corrected chi connectivity index (χ2v) is 7.57. The highest BCUT2D eigenvalue weighted by atomic mass is 16.5. The van der Waals surface area contributed by atoms with Crippen LogP contribution in [0.5, 0.6) is 0 Å². The van der Waals surface area contributed by atoms with Gasteiger partial charge in [-0.05, 0) is 30.2 Å². The van der Waals surface area contributed by atoms with Gasteiger partial charge in [0.25, 0.3) is 0 Å². The van der Waals surface area contributed by atoms with Crippen molar-refractivity contribution in [3.63, 3.8) is 0 Å². The molecule has 0 bridgehead atoms. The number of benzene rings is 2. The van der Waals surface area contributed by atoms with Crippen molar-refractivity contribution in [2.75, 3.05) is 56.2 Å². The zero-order valence-corrected chi connectivity index (χ0v) is 17.2. The standard InChI is InChI=1S/C23H31N5O/c1-24-23(26-20-11-12-28(18-20)21-8-3-2-4-9-21)25-17-19-7-5-6-10-22(19)27-13-15-29-16-14-27/h2-10,20H,11-18H2,1H3,(H2,24,25,26). The molecular formula is C23H31N5O. The van der Waals surface area contributed by atoms with Gasteiger partial charge >= 0.3 is 0 Å². The Morgan fingerprint density at radius 2 is 1.76 bits per heavy atom. The molecule has 2 aliphatic rings. The number of ether oxygens (including phenoxy) is 1. The first-order valence-electron chi connectivity index (χ1n) is 10.5. The Labute approximate surface area is 173 Å². The highest BCUT2D eigenvalue weighted by Gasteiger charge is 2.23. The molecule has 0 spiro atoms. The molecule has 2 saturated heterocycles. The minimum Gasteiger partial charge on any atom is -0.378 e. The van der Waals surface area contributed by atoms with E-state index in [1.807, 2.05) is 7.05 Å². The first-order chi connectivity index (χ1) is 14.3. The van der Waals surface area contributed by atoms with Crippen LogP contribution < -0.4 is 20.4 Å². The van der Waals surface area contributed by atoms with Crippen LogP contribution in [0.15, 0.2) is 59.6 Å². The van der Waals surface area contributed by atoms with Crippen LogP contribution in [0.4, 0.5) is 11.4 Å². The minimum absolute atomic E-state index is 0.399. The van der Waals surface area contributed by atoms with Gasteiger partial charge in [-0.1, -0.05) is 36.4 Å². The lowest BCUT2D eigenvalue weighted by atomic mass is 10.1. The molecule has 2 aromatic rings. The predicted molar refractivity (Wildman–Crippen MR) is 120 cm³/mol. The first kappa shape index (κ1) is 19.6. The van der Waals surface area contributed by atoms with Crippen molar-refractivity contribution in [2.45, 2.75) is 19.0 Å². The maximum Gasteiger partial charge on any atom is 0.191 e. The summed E-state index contributed by atoms with van der Waals surface area (Å²) in [7, 11) is 1.84. The van der Waals surface area contributed by atoms with Crippen molar-refractivity contribution in [1.82, 2.24) is 10.6 Å². The number of anilines is 2. The third-order valence-corrected chi connectivity index (χ3v) is 5.66. The summed E-state index contributed by atoms with van der Waals surface area (Å²) in [6, 6.07) is 19.6. The molecule has 2 aliphatic heterocycles. The molecule has 1 atom stereocenters. The van der Waals surface area contributed by atoms with Crippen molar-refractivity contribution < 1.29 is 4.74 Å². The van der Waals surface area contributed by atoms with Gasteiger partial charge in [0.15, 0.2) is 5.96 Å². The SMILES string of the molecule is CN=C(NCc1ccccc1N1CCOCC1)NC1CCN(c2ccccc2)C1. The number of nitrogens with zero attached hydrogens (tertiary/aromatic N) is 3. The summed E-state index contributed by atoms with van der Waals surface area (Å²) in [5, 5.41) is 7.11. The summed E-state index contributed by atoms with van der Waals surface area (Å²) in [5.41, 5.74) is 3.86. The fraction of sp³-hybridized carbons (Fsp3) is 0.435. The second kappa shape index (κ2) is 9.65. The monoisotopic (exact) mass is 393 g/mol. The predicted octanol–water partition coefficient (Wildman–Crippen LogP) is 2.47. The van der Waals surface area contributed by atoms with Crippen LogP contribution in [-0.4, -0.2) is 58.4 Å². The van der Waals surface area contributed by atoms with E-state index >= 15 is 0 Å². The van der Waals surface area contributed by atoms with Crippen molar-refractivity contribution in [2.24, 2.45) is 4.99 Å². The Bertz CT molecular complexity index is 804. The molecule has 2 heterocycles. The van der Waals surface area contributed by atoms with Gasteiger partial charge in [-0.15, -0.1) is 0 Å². The van der Waals surface area contributed by atoms with E-state index in [9.17, 15) is 0 Å². The van der Waals surface area contributed by atoms with E-state index in [0.717, 1.165) is 58.3 Å². The smallest absolute Gasteiger partial charge is 0.191 e. The van der Waals surface area contributed by atoms with Crippen LogP contribution in [0.2, 0.25) is 0 Å². The average molecular weight is 394 g/mol. The molecule has 0 aliphatic carbocycles. The van der Waals surface area contributed by atoms with E-state index < -0.39 is 0 Å². The lowest BCUT2D eigenvalue weighted by Crippen LogP contribution is -2.44. The van der Waals surface area contributed by atoms with Gasteiger partial charge in [-0.25, -0.2) is 0 Å². The number of aliphatic imine (C=N–C) groups is 1. The van der Waals surface area contributed by atoms with E-state index in [2.05, 4.69) is 80.0 Å². The Kier molecular flexibility index (Phi) is 6.52. The van der Waals surface area contributed by atoms with Crippen LogP contribution in [0.25, 0.3) is 0 Å². The molecule has 0 radical (unpaired) electrons. The fourth-order valence-electron chi connectivity index (χ4n) is 4.09. The van der Waals surface area contributed by atoms with Crippen LogP contribution in [0, 0.1) is 0 Å². The minimum atomic E-state index is 0.399. The number of guanidine groups is 1. The molecule has 2 fully saturated rings. The van der Waals surface area contributed by atoms with Gasteiger partial charge < -0.3 is 25.2 Å². The molecule has 29 heavy (non-hydrogen) atoms. The normalized spacial score (nSPS) is 20.0. The molecule has 1 unspecified atom stereocenters. The van der Waals surface area contributed by atoms with Gasteiger partial charge in [0, 0.05) is 57.2 Å². The highest BCUT2D eigenvalue weighted by Crippen LogP contribution is 2.22. The van der Waals surface area contributed by atoms with Crippen LogP contribution >= 0.6 is 0 Å². The van der Waals surface area contributed by atoms with E-state index in [-0.39, 0.29) is 0 Å². The molecule has 0 saturated carbocycles. The van der Waals surface area contributed by atoms with Gasteiger partial charge in [-0.2, -0.15) is 0 Å². The van der Waals surface area contributed by atoms with Crippen LogP contribution in [0.3, 0.4) is 0 Å². The summed E-state index contributed by atoms with van der Waals surface area (Å²) in [5.74, 6) is 0.863. The molecule has 6 heteroatoms. The summed E-state index contributed by atoms with van der Waals surface area (Å²) in [6.07, 6.45) is 1.11. The third kappa shape index (κ3) is 5.01. The van der Waals surface area contributed by atoms with Crippen molar-refractivity contribution in [3.05, 3.63) is 60.2 Å². The van der Waals surface area contributed by atoms with E-state index in [1.54, 1.807) is 0 Å².